The number of benzene rings is 2. The van der Waals surface area contributed by atoms with Crippen molar-refractivity contribution in [1.29, 1.82) is 0 Å². The van der Waals surface area contributed by atoms with Crippen molar-refractivity contribution in [2.75, 3.05) is 18.0 Å². The van der Waals surface area contributed by atoms with Gasteiger partial charge in [0.25, 0.3) is 5.56 Å². The fourth-order valence-corrected chi connectivity index (χ4v) is 5.70. The molecule has 0 spiro atoms. The van der Waals surface area contributed by atoms with Crippen molar-refractivity contribution >= 4 is 40.3 Å². The monoisotopic (exact) mass is 586 g/mol. The van der Waals surface area contributed by atoms with Crippen LogP contribution in [0, 0.1) is 18.8 Å². The molecule has 0 aliphatic carbocycles. The summed E-state index contributed by atoms with van der Waals surface area (Å²) in [7, 11) is 1.64. The standard InChI is InChI=1S/C34H34N8O2/c1-4-5-21-41-30-31(38-33(41)40-20-12-16-26(22-40)35-19-11-15-25-13-7-6-8-14-25)39(3)34(44)42(32(30)43)23-29-36-24(2)27-17-9-10-18-28(27)37-29/h6-11,13-15,17-19,26H,12,16,20-23H2,1-3H3/b15-11+,35-19+/t26-/m1/s1. The smallest absolute Gasteiger partial charge is 0.332 e. The number of anilines is 1. The summed E-state index contributed by atoms with van der Waals surface area (Å²) in [6.45, 7) is 5.29. The van der Waals surface area contributed by atoms with Crippen molar-refractivity contribution in [3.05, 3.63) is 98.6 Å². The summed E-state index contributed by atoms with van der Waals surface area (Å²) in [5.41, 5.74) is 2.43. The summed E-state index contributed by atoms with van der Waals surface area (Å²) in [5, 5.41) is 0.934. The third-order valence-electron chi connectivity index (χ3n) is 7.92. The maximum absolute atomic E-state index is 14.0. The number of nitrogens with zero attached hydrogens (tertiary/aromatic N) is 8. The molecule has 10 heteroatoms. The van der Waals surface area contributed by atoms with Gasteiger partial charge in [0.2, 0.25) is 5.95 Å². The lowest BCUT2D eigenvalue weighted by Gasteiger charge is -2.31. The van der Waals surface area contributed by atoms with E-state index in [1.807, 2.05) is 84.5 Å². The molecular weight excluding hydrogens is 552 g/mol. The highest BCUT2D eigenvalue weighted by Gasteiger charge is 2.27. The lowest BCUT2D eigenvalue weighted by Crippen LogP contribution is -2.40. The number of aliphatic imine (C=N–C) groups is 1. The highest BCUT2D eigenvalue weighted by molar-refractivity contribution is 5.80. The number of para-hydroxylation sites is 1. The molecular formula is C34H34N8O2. The van der Waals surface area contributed by atoms with Gasteiger partial charge < -0.3 is 4.90 Å². The van der Waals surface area contributed by atoms with Gasteiger partial charge in [-0.15, -0.1) is 5.92 Å². The lowest BCUT2D eigenvalue weighted by atomic mass is 10.1. The van der Waals surface area contributed by atoms with E-state index in [9.17, 15) is 9.59 Å². The second kappa shape index (κ2) is 12.5. The summed E-state index contributed by atoms with van der Waals surface area (Å²) >= 11 is 0. The fourth-order valence-electron chi connectivity index (χ4n) is 5.70. The molecule has 3 aromatic heterocycles. The molecule has 0 radical (unpaired) electrons. The SMILES string of the molecule is CC#CCn1c(N2CCC[C@@H](/N=C/C=C/c3ccccc3)C2)nc2c1c(=O)n(Cc1nc(C)c3ccccc3n1)c(=O)n2C. The molecule has 4 heterocycles. The van der Waals surface area contributed by atoms with Gasteiger partial charge in [0, 0.05) is 37.4 Å². The molecule has 1 atom stereocenters. The number of allylic oxidation sites excluding steroid dienone is 1. The van der Waals surface area contributed by atoms with E-state index in [4.69, 9.17) is 9.98 Å². The molecule has 1 aliphatic heterocycles. The summed E-state index contributed by atoms with van der Waals surface area (Å²) in [6.07, 6.45) is 7.72. The van der Waals surface area contributed by atoms with Crippen molar-refractivity contribution in [2.45, 2.75) is 45.8 Å². The summed E-state index contributed by atoms with van der Waals surface area (Å²) < 4.78 is 4.45. The van der Waals surface area contributed by atoms with Crippen molar-refractivity contribution in [3.8, 4) is 11.8 Å². The minimum Gasteiger partial charge on any atom is -0.340 e. The lowest BCUT2D eigenvalue weighted by molar-refractivity contribution is 0.499. The van der Waals surface area contributed by atoms with E-state index in [1.54, 1.807) is 14.0 Å². The van der Waals surface area contributed by atoms with Crippen LogP contribution in [0.2, 0.25) is 0 Å². The molecule has 1 saturated heterocycles. The maximum atomic E-state index is 14.0. The van der Waals surface area contributed by atoms with Crippen LogP contribution in [0.5, 0.6) is 0 Å². The Bertz CT molecular complexity index is 2080. The van der Waals surface area contributed by atoms with Crippen molar-refractivity contribution in [3.63, 3.8) is 0 Å². The van der Waals surface area contributed by atoms with Gasteiger partial charge in [0.15, 0.2) is 11.2 Å². The average molecular weight is 587 g/mol. The molecule has 44 heavy (non-hydrogen) atoms. The molecule has 0 N–H and O–H groups in total. The van der Waals surface area contributed by atoms with E-state index < -0.39 is 11.2 Å². The van der Waals surface area contributed by atoms with E-state index in [-0.39, 0.29) is 19.1 Å². The highest BCUT2D eigenvalue weighted by atomic mass is 16.2. The molecule has 0 amide bonds. The molecule has 10 nitrogen and oxygen atoms in total. The molecule has 1 fully saturated rings. The zero-order valence-corrected chi connectivity index (χ0v) is 25.1. The van der Waals surface area contributed by atoms with Crippen LogP contribution in [0.25, 0.3) is 28.1 Å². The Hall–Kier alpha value is -5.30. The van der Waals surface area contributed by atoms with Gasteiger partial charge in [0.05, 0.1) is 24.6 Å². The first-order chi connectivity index (χ1) is 21.4. The first-order valence-corrected chi connectivity index (χ1v) is 14.8. The molecule has 2 aromatic carbocycles. The van der Waals surface area contributed by atoms with Gasteiger partial charge >= 0.3 is 5.69 Å². The summed E-state index contributed by atoms with van der Waals surface area (Å²) in [4.78, 5) is 48.6. The molecule has 1 aliphatic rings. The number of rotatable bonds is 7. The molecule has 222 valence electrons. The van der Waals surface area contributed by atoms with Crippen molar-refractivity contribution in [1.82, 2.24) is 28.7 Å². The zero-order chi connectivity index (χ0) is 30.6. The van der Waals surface area contributed by atoms with Gasteiger partial charge in [-0.2, -0.15) is 4.98 Å². The minimum atomic E-state index is -0.471. The second-order valence-electron chi connectivity index (χ2n) is 10.9. The maximum Gasteiger partial charge on any atom is 0.332 e. The second-order valence-corrected chi connectivity index (χ2v) is 10.9. The third kappa shape index (κ3) is 5.69. The van der Waals surface area contributed by atoms with E-state index in [2.05, 4.69) is 26.7 Å². The summed E-state index contributed by atoms with van der Waals surface area (Å²) in [6, 6.07) is 17.9. The van der Waals surface area contributed by atoms with Crippen LogP contribution < -0.4 is 16.1 Å². The molecule has 0 bridgehead atoms. The fraction of sp³-hybridized carbons (Fsp3) is 0.294. The largest absolute Gasteiger partial charge is 0.340 e. The highest BCUT2D eigenvalue weighted by Crippen LogP contribution is 2.24. The Morgan fingerprint density at radius 3 is 2.64 bits per heavy atom. The van der Waals surface area contributed by atoms with Crippen LogP contribution >= 0.6 is 0 Å². The van der Waals surface area contributed by atoms with Gasteiger partial charge in [-0.3, -0.25) is 23.5 Å². The van der Waals surface area contributed by atoms with Crippen LogP contribution in [0.1, 0.15) is 36.8 Å². The van der Waals surface area contributed by atoms with Gasteiger partial charge in [-0.25, -0.2) is 14.8 Å². The van der Waals surface area contributed by atoms with E-state index in [0.717, 1.165) is 41.5 Å². The Labute approximate surface area is 255 Å². The number of piperidine rings is 1. The predicted octanol–water partition coefficient (Wildman–Crippen LogP) is 3.97. The normalized spacial score (nSPS) is 15.4. The van der Waals surface area contributed by atoms with E-state index in [1.165, 1.54) is 9.13 Å². The minimum absolute atomic E-state index is 0.0515. The number of hydrogen-bond donors (Lipinski definition) is 0. The molecule has 6 rings (SSSR count). The molecule has 5 aromatic rings. The Balaban J connectivity index is 1.35. The average Bonchev–Trinajstić information content (AvgIpc) is 3.43. The van der Waals surface area contributed by atoms with E-state index in [0.29, 0.717) is 29.5 Å². The van der Waals surface area contributed by atoms with Crippen molar-refractivity contribution in [2.24, 2.45) is 12.0 Å². The third-order valence-corrected chi connectivity index (χ3v) is 7.92. The number of hydrogen-bond acceptors (Lipinski definition) is 7. The number of fused-ring (bicyclic) bond motifs is 2. The quantitative estimate of drug-likeness (QED) is 0.211. The zero-order valence-electron chi connectivity index (χ0n) is 25.1. The number of aromatic nitrogens is 6. The molecule has 0 unspecified atom stereocenters. The predicted molar refractivity (Wildman–Crippen MR) is 175 cm³/mol. The van der Waals surface area contributed by atoms with E-state index >= 15 is 0 Å². The summed E-state index contributed by atoms with van der Waals surface area (Å²) in [5.74, 6) is 7.05. The Morgan fingerprint density at radius 2 is 1.82 bits per heavy atom. The van der Waals surface area contributed by atoms with Crippen LogP contribution in [0.15, 0.2) is 75.3 Å². The van der Waals surface area contributed by atoms with Crippen LogP contribution in [0.3, 0.4) is 0 Å². The Morgan fingerprint density at radius 1 is 1.02 bits per heavy atom. The molecule has 0 saturated carbocycles. The van der Waals surface area contributed by atoms with Gasteiger partial charge in [-0.05, 0) is 44.4 Å². The Kier molecular flexibility index (Phi) is 8.19. The number of imidazole rings is 1. The topological polar surface area (TPSA) is 103 Å². The van der Waals surface area contributed by atoms with Crippen LogP contribution in [0.4, 0.5) is 5.95 Å². The first-order valence-electron chi connectivity index (χ1n) is 14.8. The first kappa shape index (κ1) is 28.8. The van der Waals surface area contributed by atoms with Crippen LogP contribution in [-0.4, -0.2) is 54.0 Å². The van der Waals surface area contributed by atoms with Crippen LogP contribution in [-0.2, 0) is 20.1 Å². The van der Waals surface area contributed by atoms with Crippen molar-refractivity contribution < 1.29 is 0 Å². The van der Waals surface area contributed by atoms with Gasteiger partial charge in [0.1, 0.15) is 5.82 Å². The number of aryl methyl sites for hydroxylation is 2. The van der Waals surface area contributed by atoms with Gasteiger partial charge in [-0.1, -0.05) is 60.5 Å².